The van der Waals surface area contributed by atoms with Crippen molar-refractivity contribution in [3.8, 4) is 5.75 Å². The number of fused-ring (bicyclic) bond motifs is 1. The molecule has 0 saturated carbocycles. The molecule has 7 heteroatoms. The SMILES string of the molecule is CCOc1cccc2cc(C(=O)N3CCCN(Cc4nccn4C)CC3)oc12. The molecule has 0 aliphatic carbocycles. The normalized spacial score (nSPS) is 15.7. The number of imidazole rings is 1. The molecule has 1 aliphatic heterocycles. The molecule has 0 bridgehead atoms. The number of benzene rings is 1. The van der Waals surface area contributed by atoms with E-state index in [0.29, 0.717) is 30.2 Å². The Labute approximate surface area is 164 Å². The number of hydrogen-bond donors (Lipinski definition) is 0. The number of hydrogen-bond acceptors (Lipinski definition) is 5. The molecule has 0 radical (unpaired) electrons. The van der Waals surface area contributed by atoms with Crippen LogP contribution in [0.2, 0.25) is 0 Å². The first kappa shape index (κ1) is 18.6. The van der Waals surface area contributed by atoms with Crippen molar-refractivity contribution in [2.45, 2.75) is 19.9 Å². The molecule has 148 valence electrons. The van der Waals surface area contributed by atoms with Crippen molar-refractivity contribution < 1.29 is 13.9 Å². The van der Waals surface area contributed by atoms with Crippen molar-refractivity contribution in [3.63, 3.8) is 0 Å². The fourth-order valence-corrected chi connectivity index (χ4v) is 3.65. The summed E-state index contributed by atoms with van der Waals surface area (Å²) >= 11 is 0. The lowest BCUT2D eigenvalue weighted by Crippen LogP contribution is -2.35. The highest BCUT2D eigenvalue weighted by atomic mass is 16.5. The molecule has 1 saturated heterocycles. The van der Waals surface area contributed by atoms with Crippen molar-refractivity contribution >= 4 is 16.9 Å². The highest BCUT2D eigenvalue weighted by Crippen LogP contribution is 2.29. The Balaban J connectivity index is 1.46. The summed E-state index contributed by atoms with van der Waals surface area (Å²) in [6, 6.07) is 7.54. The van der Waals surface area contributed by atoms with E-state index in [2.05, 4.69) is 9.88 Å². The molecule has 3 aromatic rings. The zero-order valence-corrected chi connectivity index (χ0v) is 16.4. The first-order chi connectivity index (χ1) is 13.7. The van der Waals surface area contributed by atoms with E-state index in [-0.39, 0.29) is 5.91 Å². The molecule has 0 N–H and O–H groups in total. The van der Waals surface area contributed by atoms with Gasteiger partial charge in [-0.3, -0.25) is 9.69 Å². The minimum absolute atomic E-state index is 0.0579. The Bertz CT molecular complexity index is 962. The lowest BCUT2D eigenvalue weighted by atomic mass is 10.2. The molecule has 1 aromatic carbocycles. The highest BCUT2D eigenvalue weighted by molar-refractivity contribution is 5.97. The Hall–Kier alpha value is -2.80. The quantitative estimate of drug-likeness (QED) is 0.679. The van der Waals surface area contributed by atoms with E-state index in [1.54, 1.807) is 0 Å². The van der Waals surface area contributed by atoms with E-state index >= 15 is 0 Å². The number of para-hydroxylation sites is 1. The Kier molecular flexibility index (Phi) is 5.34. The molecule has 1 aliphatic rings. The van der Waals surface area contributed by atoms with E-state index in [0.717, 1.165) is 43.8 Å². The van der Waals surface area contributed by atoms with Gasteiger partial charge in [-0.15, -0.1) is 0 Å². The highest BCUT2D eigenvalue weighted by Gasteiger charge is 2.24. The molecule has 1 amide bonds. The first-order valence-electron chi connectivity index (χ1n) is 9.79. The summed E-state index contributed by atoms with van der Waals surface area (Å²) in [5.74, 6) is 2.04. The summed E-state index contributed by atoms with van der Waals surface area (Å²) in [4.78, 5) is 21.7. The van der Waals surface area contributed by atoms with Crippen LogP contribution in [0.5, 0.6) is 5.75 Å². The second-order valence-electron chi connectivity index (χ2n) is 7.09. The van der Waals surface area contributed by atoms with Gasteiger partial charge in [0.2, 0.25) is 0 Å². The zero-order chi connectivity index (χ0) is 19.5. The van der Waals surface area contributed by atoms with Gasteiger partial charge in [0.15, 0.2) is 17.1 Å². The van der Waals surface area contributed by atoms with E-state index in [4.69, 9.17) is 9.15 Å². The van der Waals surface area contributed by atoms with Crippen LogP contribution in [0.1, 0.15) is 29.7 Å². The van der Waals surface area contributed by atoms with E-state index in [1.807, 2.05) is 60.1 Å². The van der Waals surface area contributed by atoms with Crippen molar-refractivity contribution in [1.29, 1.82) is 0 Å². The van der Waals surface area contributed by atoms with Gasteiger partial charge >= 0.3 is 0 Å². The first-order valence-corrected chi connectivity index (χ1v) is 9.79. The summed E-state index contributed by atoms with van der Waals surface area (Å²) in [5, 5.41) is 0.889. The van der Waals surface area contributed by atoms with Crippen molar-refractivity contribution in [2.75, 3.05) is 32.8 Å². The maximum atomic E-state index is 13.0. The lowest BCUT2D eigenvalue weighted by Gasteiger charge is -2.21. The third-order valence-electron chi connectivity index (χ3n) is 5.18. The molecule has 4 rings (SSSR count). The number of carbonyl (C=O) groups is 1. The predicted molar refractivity (Wildman–Crippen MR) is 106 cm³/mol. The average molecular weight is 382 g/mol. The summed E-state index contributed by atoms with van der Waals surface area (Å²) in [5.41, 5.74) is 0.638. The fraction of sp³-hybridized carbons (Fsp3) is 0.429. The van der Waals surface area contributed by atoms with Gasteiger partial charge in [0.1, 0.15) is 5.82 Å². The third kappa shape index (κ3) is 3.75. The molecule has 1 fully saturated rings. The van der Waals surface area contributed by atoms with Crippen LogP contribution in [-0.4, -0.2) is 58.0 Å². The van der Waals surface area contributed by atoms with Gasteiger partial charge < -0.3 is 18.6 Å². The molecule has 7 nitrogen and oxygen atoms in total. The van der Waals surface area contributed by atoms with Gasteiger partial charge in [0.25, 0.3) is 5.91 Å². The molecule has 0 unspecified atom stereocenters. The maximum absolute atomic E-state index is 13.0. The second-order valence-corrected chi connectivity index (χ2v) is 7.09. The van der Waals surface area contributed by atoms with Crippen LogP contribution >= 0.6 is 0 Å². The third-order valence-corrected chi connectivity index (χ3v) is 5.18. The zero-order valence-electron chi connectivity index (χ0n) is 16.4. The van der Waals surface area contributed by atoms with Crippen molar-refractivity contribution in [3.05, 3.63) is 48.2 Å². The van der Waals surface area contributed by atoms with E-state index < -0.39 is 0 Å². The summed E-state index contributed by atoms with van der Waals surface area (Å²) in [6.07, 6.45) is 4.71. The lowest BCUT2D eigenvalue weighted by molar-refractivity contribution is 0.0731. The number of ether oxygens (including phenoxy) is 1. The largest absolute Gasteiger partial charge is 0.490 e. The van der Waals surface area contributed by atoms with Crippen LogP contribution in [0.4, 0.5) is 0 Å². The smallest absolute Gasteiger partial charge is 0.289 e. The number of nitrogens with zero attached hydrogens (tertiary/aromatic N) is 4. The molecule has 0 atom stereocenters. The standard InChI is InChI=1S/C21H26N4O3/c1-3-27-17-7-4-6-16-14-18(28-20(16)17)21(26)25-10-5-9-24(12-13-25)15-19-22-8-11-23(19)2/h4,6-8,11,14H,3,5,9-10,12-13,15H2,1-2H3. The van der Waals surface area contributed by atoms with Crippen LogP contribution in [0.25, 0.3) is 11.0 Å². The Morgan fingerprint density at radius 1 is 1.25 bits per heavy atom. The summed E-state index contributed by atoms with van der Waals surface area (Å²) < 4.78 is 13.6. The summed E-state index contributed by atoms with van der Waals surface area (Å²) in [6.45, 7) is 6.47. The summed E-state index contributed by atoms with van der Waals surface area (Å²) in [7, 11) is 2.01. The molecule has 0 spiro atoms. The van der Waals surface area contributed by atoms with Gasteiger partial charge in [-0.2, -0.15) is 0 Å². The van der Waals surface area contributed by atoms with Crippen LogP contribution < -0.4 is 4.74 Å². The molecule has 2 aromatic heterocycles. The number of furan rings is 1. The van der Waals surface area contributed by atoms with Crippen LogP contribution in [0.15, 0.2) is 41.1 Å². The Morgan fingerprint density at radius 3 is 2.93 bits per heavy atom. The average Bonchev–Trinajstić information content (AvgIpc) is 3.23. The minimum atomic E-state index is -0.0579. The topological polar surface area (TPSA) is 63.7 Å². The fourth-order valence-electron chi connectivity index (χ4n) is 3.65. The van der Waals surface area contributed by atoms with Gasteiger partial charge in [-0.05, 0) is 25.5 Å². The molecular formula is C21H26N4O3. The molecule has 3 heterocycles. The number of aromatic nitrogens is 2. The van der Waals surface area contributed by atoms with Crippen molar-refractivity contribution in [1.82, 2.24) is 19.4 Å². The number of rotatable bonds is 5. The predicted octanol–water partition coefficient (Wildman–Crippen LogP) is 2.91. The number of amides is 1. The number of aryl methyl sites for hydroxylation is 1. The number of carbonyl (C=O) groups excluding carboxylic acids is 1. The Morgan fingerprint density at radius 2 is 2.14 bits per heavy atom. The minimum Gasteiger partial charge on any atom is -0.490 e. The monoisotopic (exact) mass is 382 g/mol. The maximum Gasteiger partial charge on any atom is 0.289 e. The van der Waals surface area contributed by atoms with Crippen LogP contribution in [0.3, 0.4) is 0 Å². The van der Waals surface area contributed by atoms with Gasteiger partial charge in [-0.25, -0.2) is 4.98 Å². The van der Waals surface area contributed by atoms with E-state index in [1.165, 1.54) is 0 Å². The van der Waals surface area contributed by atoms with Crippen LogP contribution in [-0.2, 0) is 13.6 Å². The van der Waals surface area contributed by atoms with E-state index in [9.17, 15) is 4.79 Å². The molecular weight excluding hydrogens is 356 g/mol. The van der Waals surface area contributed by atoms with Crippen LogP contribution in [0, 0.1) is 0 Å². The van der Waals surface area contributed by atoms with Gasteiger partial charge in [-0.1, -0.05) is 12.1 Å². The van der Waals surface area contributed by atoms with Gasteiger partial charge in [0.05, 0.1) is 13.2 Å². The van der Waals surface area contributed by atoms with Crippen molar-refractivity contribution in [2.24, 2.45) is 7.05 Å². The molecule has 28 heavy (non-hydrogen) atoms. The van der Waals surface area contributed by atoms with Gasteiger partial charge in [0, 0.05) is 51.0 Å². The second kappa shape index (κ2) is 8.06.